The van der Waals surface area contributed by atoms with Gasteiger partial charge in [0.2, 0.25) is 0 Å². The molecule has 7 heteroatoms. The molecule has 2 aromatic rings. The van der Waals surface area contributed by atoms with Crippen molar-refractivity contribution >= 4 is 29.1 Å². The van der Waals surface area contributed by atoms with Crippen LogP contribution in [-0.2, 0) is 9.59 Å². The molecule has 0 saturated heterocycles. The number of aryl methyl sites for hydroxylation is 1. The van der Waals surface area contributed by atoms with Crippen molar-refractivity contribution in [3.63, 3.8) is 0 Å². The molecular formula is C19H21ClN2O4. The zero-order chi connectivity index (χ0) is 19.3. The second-order valence-electron chi connectivity index (χ2n) is 5.74. The Labute approximate surface area is 157 Å². The lowest BCUT2D eigenvalue weighted by Gasteiger charge is -2.18. The number of rotatable bonds is 5. The van der Waals surface area contributed by atoms with E-state index in [1.54, 1.807) is 50.4 Å². The number of carbonyl (C=O) groups excluding carboxylic acids is 2. The van der Waals surface area contributed by atoms with Crippen molar-refractivity contribution in [3.05, 3.63) is 52.5 Å². The summed E-state index contributed by atoms with van der Waals surface area (Å²) in [6.07, 6.45) is 0. The lowest BCUT2D eigenvalue weighted by molar-refractivity contribution is -0.136. The van der Waals surface area contributed by atoms with Gasteiger partial charge in [-0.1, -0.05) is 17.7 Å². The van der Waals surface area contributed by atoms with E-state index in [0.29, 0.717) is 22.2 Å². The molecule has 0 bridgehead atoms. The van der Waals surface area contributed by atoms with E-state index < -0.39 is 17.9 Å². The van der Waals surface area contributed by atoms with Gasteiger partial charge in [0.15, 0.2) is 0 Å². The number of ether oxygens (including phenoxy) is 2. The monoisotopic (exact) mass is 376 g/mol. The number of carbonyl (C=O) groups is 2. The highest BCUT2D eigenvalue weighted by Gasteiger charge is 2.20. The normalized spacial score (nSPS) is 11.4. The molecule has 26 heavy (non-hydrogen) atoms. The third kappa shape index (κ3) is 4.67. The van der Waals surface area contributed by atoms with Crippen molar-refractivity contribution in [2.75, 3.05) is 19.5 Å². The maximum absolute atomic E-state index is 12.2. The van der Waals surface area contributed by atoms with Crippen molar-refractivity contribution in [1.29, 1.82) is 0 Å². The summed E-state index contributed by atoms with van der Waals surface area (Å²) in [6.45, 7) is 3.64. The summed E-state index contributed by atoms with van der Waals surface area (Å²) < 4.78 is 10.5. The standard InChI is InChI=1S/C19H21ClN2O4/c1-11-5-8-16(15(20)9-11)22-19(24)18(23)21-12(2)14-7-6-13(25-3)10-17(14)26-4/h5-10,12H,1-4H3,(H,21,23)(H,22,24)/t12-/m1/s1. The number of methoxy groups -OCH3 is 2. The van der Waals surface area contributed by atoms with Crippen molar-refractivity contribution in [2.45, 2.75) is 19.9 Å². The summed E-state index contributed by atoms with van der Waals surface area (Å²) in [5, 5.41) is 5.52. The highest BCUT2D eigenvalue weighted by molar-refractivity contribution is 6.41. The molecule has 2 aromatic carbocycles. The van der Waals surface area contributed by atoms with E-state index in [-0.39, 0.29) is 0 Å². The molecular weight excluding hydrogens is 356 g/mol. The van der Waals surface area contributed by atoms with Gasteiger partial charge in [0.1, 0.15) is 11.5 Å². The summed E-state index contributed by atoms with van der Waals surface area (Å²) in [7, 11) is 3.08. The maximum atomic E-state index is 12.2. The summed E-state index contributed by atoms with van der Waals surface area (Å²) in [5.74, 6) is -0.378. The van der Waals surface area contributed by atoms with E-state index in [4.69, 9.17) is 21.1 Å². The SMILES string of the molecule is COc1ccc([C@@H](C)NC(=O)C(=O)Nc2ccc(C)cc2Cl)c(OC)c1. The van der Waals surface area contributed by atoms with Crippen LogP contribution in [0.3, 0.4) is 0 Å². The number of amides is 2. The molecule has 0 aromatic heterocycles. The molecule has 0 spiro atoms. The third-order valence-corrected chi connectivity index (χ3v) is 4.15. The number of halogens is 1. The quantitative estimate of drug-likeness (QED) is 0.783. The molecule has 1 atom stereocenters. The largest absolute Gasteiger partial charge is 0.497 e. The van der Waals surface area contributed by atoms with E-state index in [2.05, 4.69) is 10.6 Å². The van der Waals surface area contributed by atoms with Gasteiger partial charge < -0.3 is 20.1 Å². The van der Waals surface area contributed by atoms with Crippen LogP contribution >= 0.6 is 11.6 Å². The summed E-state index contributed by atoms with van der Waals surface area (Å²) >= 11 is 6.07. The van der Waals surface area contributed by atoms with Gasteiger partial charge >= 0.3 is 11.8 Å². The average molecular weight is 377 g/mol. The molecule has 0 aliphatic carbocycles. The van der Waals surface area contributed by atoms with Crippen LogP contribution < -0.4 is 20.1 Å². The predicted molar refractivity (Wildman–Crippen MR) is 101 cm³/mol. The highest BCUT2D eigenvalue weighted by Crippen LogP contribution is 2.29. The predicted octanol–water partition coefficient (Wildman–Crippen LogP) is 3.48. The van der Waals surface area contributed by atoms with Gasteiger partial charge in [0, 0.05) is 11.6 Å². The van der Waals surface area contributed by atoms with Gasteiger partial charge in [0.25, 0.3) is 0 Å². The van der Waals surface area contributed by atoms with Crippen LogP contribution in [0, 0.1) is 6.92 Å². The molecule has 2 rings (SSSR count). The van der Waals surface area contributed by atoms with Crippen LogP contribution in [0.25, 0.3) is 0 Å². The molecule has 6 nitrogen and oxygen atoms in total. The van der Waals surface area contributed by atoms with Gasteiger partial charge in [-0.2, -0.15) is 0 Å². The molecule has 0 aliphatic rings. The van der Waals surface area contributed by atoms with Gasteiger partial charge in [-0.05, 0) is 43.7 Å². The van der Waals surface area contributed by atoms with E-state index in [1.807, 2.05) is 6.92 Å². The fraction of sp³-hybridized carbons (Fsp3) is 0.263. The van der Waals surface area contributed by atoms with E-state index >= 15 is 0 Å². The third-order valence-electron chi connectivity index (χ3n) is 3.83. The first kappa shape index (κ1) is 19.6. The highest BCUT2D eigenvalue weighted by atomic mass is 35.5. The Bertz CT molecular complexity index is 823. The molecule has 0 aliphatic heterocycles. The minimum absolute atomic E-state index is 0.371. The van der Waals surface area contributed by atoms with Crippen molar-refractivity contribution in [2.24, 2.45) is 0 Å². The Morgan fingerprint density at radius 3 is 2.38 bits per heavy atom. The Morgan fingerprint density at radius 1 is 1.04 bits per heavy atom. The van der Waals surface area contributed by atoms with Crippen molar-refractivity contribution in [1.82, 2.24) is 5.32 Å². The number of nitrogens with one attached hydrogen (secondary N) is 2. The van der Waals surface area contributed by atoms with Crippen LogP contribution in [0.15, 0.2) is 36.4 Å². The molecule has 0 radical (unpaired) electrons. The van der Waals surface area contributed by atoms with E-state index in [0.717, 1.165) is 11.1 Å². The maximum Gasteiger partial charge on any atom is 0.313 e. The number of hydrogen-bond donors (Lipinski definition) is 2. The Hall–Kier alpha value is -2.73. The van der Waals surface area contributed by atoms with Crippen molar-refractivity contribution < 1.29 is 19.1 Å². The van der Waals surface area contributed by atoms with Crippen LogP contribution in [-0.4, -0.2) is 26.0 Å². The van der Waals surface area contributed by atoms with E-state index in [9.17, 15) is 9.59 Å². The smallest absolute Gasteiger partial charge is 0.313 e. The number of hydrogen-bond acceptors (Lipinski definition) is 4. The Morgan fingerprint density at radius 2 is 1.77 bits per heavy atom. The first-order valence-corrected chi connectivity index (χ1v) is 8.33. The van der Waals surface area contributed by atoms with Crippen LogP contribution in [0.2, 0.25) is 5.02 Å². The molecule has 0 saturated carbocycles. The lowest BCUT2D eigenvalue weighted by atomic mass is 10.1. The minimum atomic E-state index is -0.796. The van der Waals surface area contributed by atoms with Crippen LogP contribution in [0.4, 0.5) is 5.69 Å². The second-order valence-corrected chi connectivity index (χ2v) is 6.15. The first-order valence-electron chi connectivity index (χ1n) is 7.95. The summed E-state index contributed by atoms with van der Waals surface area (Å²) in [4.78, 5) is 24.3. The lowest BCUT2D eigenvalue weighted by Crippen LogP contribution is -2.37. The zero-order valence-corrected chi connectivity index (χ0v) is 15.8. The molecule has 0 unspecified atom stereocenters. The summed E-state index contributed by atoms with van der Waals surface area (Å²) in [5.41, 5.74) is 2.06. The fourth-order valence-corrected chi connectivity index (χ4v) is 2.70. The molecule has 2 N–H and O–H groups in total. The Balaban J connectivity index is 2.07. The first-order chi connectivity index (χ1) is 12.3. The topological polar surface area (TPSA) is 76.7 Å². The van der Waals surface area contributed by atoms with Gasteiger partial charge in [-0.25, -0.2) is 0 Å². The summed E-state index contributed by atoms with van der Waals surface area (Å²) in [6, 6.07) is 9.96. The second kappa shape index (κ2) is 8.58. The van der Waals surface area contributed by atoms with Crippen molar-refractivity contribution in [3.8, 4) is 11.5 Å². The minimum Gasteiger partial charge on any atom is -0.497 e. The van der Waals surface area contributed by atoms with Gasteiger partial charge in [-0.3, -0.25) is 9.59 Å². The van der Waals surface area contributed by atoms with E-state index in [1.165, 1.54) is 7.11 Å². The van der Waals surface area contributed by atoms with Gasteiger partial charge in [-0.15, -0.1) is 0 Å². The fourth-order valence-electron chi connectivity index (χ4n) is 2.42. The Kier molecular flexibility index (Phi) is 6.46. The van der Waals surface area contributed by atoms with Gasteiger partial charge in [0.05, 0.1) is 31.0 Å². The molecule has 2 amide bonds. The average Bonchev–Trinajstić information content (AvgIpc) is 2.63. The van der Waals surface area contributed by atoms with Crippen LogP contribution in [0.5, 0.6) is 11.5 Å². The zero-order valence-electron chi connectivity index (χ0n) is 15.1. The van der Waals surface area contributed by atoms with Crippen LogP contribution in [0.1, 0.15) is 24.1 Å². The molecule has 138 valence electrons. The molecule has 0 fully saturated rings. The molecule has 0 heterocycles. The number of anilines is 1. The number of benzene rings is 2.